The van der Waals surface area contributed by atoms with Gasteiger partial charge in [-0.05, 0) is 47.4 Å². The topological polar surface area (TPSA) is 38.8 Å². The van der Waals surface area contributed by atoms with Crippen molar-refractivity contribution in [3.63, 3.8) is 0 Å². The smallest absolute Gasteiger partial charge is 0.260 e. The van der Waals surface area contributed by atoms with Crippen molar-refractivity contribution in [3.05, 3.63) is 92.8 Å². The van der Waals surface area contributed by atoms with Gasteiger partial charge in [0.25, 0.3) is 5.91 Å². The fraction of sp³-hybridized carbons (Fsp3) is 0.208. The highest BCUT2D eigenvalue weighted by Gasteiger charge is 2.38. The van der Waals surface area contributed by atoms with Gasteiger partial charge in [-0.1, -0.05) is 23.7 Å². The summed E-state index contributed by atoms with van der Waals surface area (Å²) in [6.45, 7) is -0.0714. The summed E-state index contributed by atoms with van der Waals surface area (Å²) in [5.41, 5.74) is 0.234. The summed E-state index contributed by atoms with van der Waals surface area (Å²) >= 11 is 6.14. The number of amides is 1. The van der Waals surface area contributed by atoms with Crippen molar-refractivity contribution >= 4 is 17.5 Å². The van der Waals surface area contributed by atoms with Crippen molar-refractivity contribution in [2.24, 2.45) is 0 Å². The summed E-state index contributed by atoms with van der Waals surface area (Å²) in [5.74, 6) is -11.7. The number of nitrogens with zero attached hydrogens (tertiary/aromatic N) is 1. The predicted molar refractivity (Wildman–Crippen MR) is 114 cm³/mol. The van der Waals surface area contributed by atoms with Crippen LogP contribution in [0, 0.1) is 29.1 Å². The Balaban J connectivity index is 1.93. The number of halogens is 6. The van der Waals surface area contributed by atoms with Gasteiger partial charge in [0.15, 0.2) is 34.8 Å². The fourth-order valence-corrected chi connectivity index (χ4v) is 4.34. The van der Waals surface area contributed by atoms with E-state index in [1.807, 2.05) is 0 Å². The number of hydrogen-bond donors (Lipinski definition) is 0. The minimum atomic E-state index is -2.33. The molecule has 34 heavy (non-hydrogen) atoms. The monoisotopic (exact) mass is 497 g/mol. The number of fused-ring (bicyclic) bond motifs is 1. The number of carbonyl (C=O) groups excluding carboxylic acids is 1. The molecule has 0 bridgehead atoms. The van der Waals surface area contributed by atoms with E-state index in [1.54, 1.807) is 36.4 Å². The third-order valence-corrected chi connectivity index (χ3v) is 5.96. The molecule has 0 saturated heterocycles. The third-order valence-electron chi connectivity index (χ3n) is 5.72. The molecule has 1 atom stereocenters. The van der Waals surface area contributed by atoms with Gasteiger partial charge in [0, 0.05) is 11.6 Å². The first-order valence-electron chi connectivity index (χ1n) is 10.0. The molecule has 1 unspecified atom stereocenters. The van der Waals surface area contributed by atoms with Gasteiger partial charge < -0.3 is 14.4 Å². The zero-order valence-corrected chi connectivity index (χ0v) is 18.7. The molecule has 1 aliphatic heterocycles. The molecule has 0 saturated carbocycles. The first-order chi connectivity index (χ1) is 16.2. The van der Waals surface area contributed by atoms with Gasteiger partial charge >= 0.3 is 0 Å². The van der Waals surface area contributed by atoms with Crippen molar-refractivity contribution in [1.82, 2.24) is 4.90 Å². The molecule has 4 rings (SSSR count). The molecule has 0 aliphatic carbocycles. The van der Waals surface area contributed by atoms with Gasteiger partial charge in [-0.2, -0.15) is 0 Å². The van der Waals surface area contributed by atoms with E-state index in [4.69, 9.17) is 21.1 Å². The van der Waals surface area contributed by atoms with Crippen LogP contribution in [0.15, 0.2) is 36.4 Å². The van der Waals surface area contributed by atoms with Crippen LogP contribution in [0.2, 0.25) is 5.02 Å². The molecule has 10 heteroatoms. The first kappa shape index (κ1) is 23.8. The van der Waals surface area contributed by atoms with Crippen LogP contribution in [0.3, 0.4) is 0 Å². The van der Waals surface area contributed by atoms with E-state index in [9.17, 15) is 26.7 Å². The maximum absolute atomic E-state index is 14.5. The summed E-state index contributed by atoms with van der Waals surface area (Å²) in [4.78, 5) is 14.4. The number of benzene rings is 3. The molecule has 1 amide bonds. The van der Waals surface area contributed by atoms with Crippen LogP contribution in [0.4, 0.5) is 22.0 Å². The average molecular weight is 498 g/mol. The van der Waals surface area contributed by atoms with Crippen molar-refractivity contribution < 1.29 is 36.2 Å². The molecule has 0 radical (unpaired) electrons. The first-order valence-corrected chi connectivity index (χ1v) is 10.4. The van der Waals surface area contributed by atoms with Gasteiger partial charge in [0.1, 0.15) is 5.56 Å². The summed E-state index contributed by atoms with van der Waals surface area (Å²) in [6, 6.07) is 8.78. The Morgan fingerprint density at radius 1 is 0.912 bits per heavy atom. The second-order valence-electron chi connectivity index (χ2n) is 7.56. The Morgan fingerprint density at radius 3 is 2.09 bits per heavy atom. The van der Waals surface area contributed by atoms with Gasteiger partial charge in [0.2, 0.25) is 5.82 Å². The van der Waals surface area contributed by atoms with Crippen molar-refractivity contribution in [2.75, 3.05) is 20.8 Å². The number of ether oxygens (including phenoxy) is 2. The number of hydrogen-bond acceptors (Lipinski definition) is 3. The maximum Gasteiger partial charge on any atom is 0.260 e. The molecule has 3 aromatic carbocycles. The fourth-order valence-electron chi connectivity index (χ4n) is 4.14. The Hall–Kier alpha value is -3.33. The molecule has 0 spiro atoms. The van der Waals surface area contributed by atoms with Gasteiger partial charge in [0.05, 0.1) is 20.3 Å². The van der Waals surface area contributed by atoms with E-state index in [0.717, 1.165) is 10.5 Å². The van der Waals surface area contributed by atoms with E-state index < -0.39 is 46.6 Å². The zero-order chi connectivity index (χ0) is 24.7. The van der Waals surface area contributed by atoms with Crippen molar-refractivity contribution in [3.8, 4) is 11.5 Å². The van der Waals surface area contributed by atoms with Crippen LogP contribution < -0.4 is 9.47 Å². The molecule has 1 aliphatic rings. The lowest BCUT2D eigenvalue weighted by atomic mass is 9.87. The predicted octanol–water partition coefficient (Wildman–Crippen LogP) is 5.84. The number of methoxy groups -OCH3 is 2. The maximum atomic E-state index is 14.5. The lowest BCUT2D eigenvalue weighted by molar-refractivity contribution is 0.0680. The minimum Gasteiger partial charge on any atom is -0.493 e. The Labute approximate surface area is 196 Å². The molecule has 0 N–H and O–H groups in total. The molecular formula is C24H17ClF5NO3. The van der Waals surface area contributed by atoms with Gasteiger partial charge in [-0.15, -0.1) is 0 Å². The Morgan fingerprint density at radius 2 is 1.50 bits per heavy atom. The lowest BCUT2D eigenvalue weighted by Crippen LogP contribution is -2.41. The largest absolute Gasteiger partial charge is 0.493 e. The van der Waals surface area contributed by atoms with E-state index >= 15 is 0 Å². The van der Waals surface area contributed by atoms with Crippen LogP contribution >= 0.6 is 11.6 Å². The SMILES string of the molecule is COc1cc2c(cc1OC)C(c1cccc(Cl)c1)N(C(=O)c1c(F)c(F)c(F)c(F)c1F)CC2. The molecule has 3 aromatic rings. The molecule has 1 heterocycles. The third kappa shape index (κ3) is 3.83. The molecule has 0 aromatic heterocycles. The van der Waals surface area contributed by atoms with Crippen LogP contribution in [0.25, 0.3) is 0 Å². The quantitative estimate of drug-likeness (QED) is 0.258. The highest BCUT2D eigenvalue weighted by molar-refractivity contribution is 6.30. The zero-order valence-electron chi connectivity index (χ0n) is 17.9. The standard InChI is InChI=1S/C24H17ClF5NO3/c1-33-15-9-11-6-7-31(24(32)17-18(26)20(28)22(30)21(29)19(17)27)23(14(11)10-16(15)34-2)12-4-3-5-13(25)8-12/h3-5,8-10,23H,6-7H2,1-2H3. The van der Waals surface area contributed by atoms with Gasteiger partial charge in [-0.3, -0.25) is 4.79 Å². The second kappa shape index (κ2) is 9.13. The van der Waals surface area contributed by atoms with E-state index in [-0.39, 0.29) is 13.0 Å². The van der Waals surface area contributed by atoms with E-state index in [1.165, 1.54) is 14.2 Å². The summed E-state index contributed by atoms with van der Waals surface area (Å²) in [7, 11) is 2.87. The van der Waals surface area contributed by atoms with Gasteiger partial charge in [-0.25, -0.2) is 22.0 Å². The van der Waals surface area contributed by atoms with Crippen LogP contribution in [-0.4, -0.2) is 31.6 Å². The van der Waals surface area contributed by atoms with Crippen molar-refractivity contribution in [2.45, 2.75) is 12.5 Å². The molecule has 178 valence electrons. The second-order valence-corrected chi connectivity index (χ2v) is 7.99. The summed E-state index contributed by atoms with van der Waals surface area (Å²) in [6.07, 6.45) is 0.230. The summed E-state index contributed by atoms with van der Waals surface area (Å²) < 4.78 is 80.9. The highest BCUT2D eigenvalue weighted by Crippen LogP contribution is 2.42. The minimum absolute atomic E-state index is 0.0714. The van der Waals surface area contributed by atoms with Crippen LogP contribution in [0.1, 0.15) is 33.1 Å². The molecule has 4 nitrogen and oxygen atoms in total. The number of rotatable bonds is 4. The van der Waals surface area contributed by atoms with Crippen molar-refractivity contribution in [1.29, 1.82) is 0 Å². The highest BCUT2D eigenvalue weighted by atomic mass is 35.5. The molecule has 0 fully saturated rings. The lowest BCUT2D eigenvalue weighted by Gasteiger charge is -2.38. The Kier molecular flexibility index (Phi) is 6.40. The van der Waals surface area contributed by atoms with Crippen LogP contribution in [-0.2, 0) is 6.42 Å². The summed E-state index contributed by atoms with van der Waals surface area (Å²) in [5, 5.41) is 0.328. The van der Waals surface area contributed by atoms with E-state index in [0.29, 0.717) is 27.6 Å². The normalized spacial score (nSPS) is 15.2. The van der Waals surface area contributed by atoms with Crippen LogP contribution in [0.5, 0.6) is 11.5 Å². The number of carbonyl (C=O) groups is 1. The molecular weight excluding hydrogens is 481 g/mol. The average Bonchev–Trinajstić information content (AvgIpc) is 2.84. The van der Waals surface area contributed by atoms with E-state index in [2.05, 4.69) is 0 Å². The Bertz CT molecular complexity index is 1270.